The zero-order valence-electron chi connectivity index (χ0n) is 15.0. The van der Waals surface area contributed by atoms with E-state index in [2.05, 4.69) is 5.32 Å². The number of carbonyl (C=O) groups excluding carboxylic acids is 2. The molecule has 7 nitrogen and oxygen atoms in total. The molecule has 0 unspecified atom stereocenters. The van der Waals surface area contributed by atoms with E-state index in [9.17, 15) is 18.0 Å². The van der Waals surface area contributed by atoms with Crippen LogP contribution in [0.4, 0.5) is 5.69 Å². The highest BCUT2D eigenvalue weighted by Gasteiger charge is 2.25. The third-order valence-corrected chi connectivity index (χ3v) is 5.90. The van der Waals surface area contributed by atoms with Crippen molar-refractivity contribution in [2.45, 2.75) is 32.1 Å². The highest BCUT2D eigenvalue weighted by atomic mass is 35.5. The van der Waals surface area contributed by atoms with E-state index < -0.39 is 28.5 Å². The number of benzene rings is 1. The van der Waals surface area contributed by atoms with E-state index in [0.29, 0.717) is 19.5 Å². The molecule has 0 spiro atoms. The smallest absolute Gasteiger partial charge is 0.330 e. The first kappa shape index (κ1) is 22.1. The number of rotatable bonds is 9. The average Bonchev–Trinajstić information content (AvgIpc) is 2.60. The molecule has 0 aromatic heterocycles. The van der Waals surface area contributed by atoms with E-state index in [4.69, 9.17) is 16.3 Å². The summed E-state index contributed by atoms with van der Waals surface area (Å²) < 4.78 is 31.3. The topological polar surface area (TPSA) is 92.8 Å². The molecular formula is C17H23ClN2O5S. The Hall–Kier alpha value is -1.90. The summed E-state index contributed by atoms with van der Waals surface area (Å²) in [4.78, 5) is 23.1. The third-order valence-electron chi connectivity index (χ3n) is 3.37. The monoisotopic (exact) mass is 402 g/mol. The molecule has 0 saturated heterocycles. The van der Waals surface area contributed by atoms with Gasteiger partial charge in [-0.2, -0.15) is 4.31 Å². The molecule has 1 N–H and O–H groups in total. The van der Waals surface area contributed by atoms with Crippen LogP contribution < -0.4 is 5.32 Å². The standard InChI is InChI=1S/C17H23ClN2O5S/c1-4-7-8-17(22)25-12-16(21)19-13-9-10-14(18)15(11-13)26(23,24)20(5-2)6-3/h7-11H,4-6,12H2,1-3H3,(H,19,21)/b8-7+. The van der Waals surface area contributed by atoms with E-state index in [1.54, 1.807) is 19.9 Å². The minimum atomic E-state index is -3.77. The van der Waals surface area contributed by atoms with Crippen LogP contribution in [0.5, 0.6) is 0 Å². The van der Waals surface area contributed by atoms with Crippen LogP contribution >= 0.6 is 11.6 Å². The number of esters is 1. The number of allylic oxidation sites excluding steroid dienone is 1. The van der Waals surface area contributed by atoms with Crippen LogP contribution in [0.3, 0.4) is 0 Å². The van der Waals surface area contributed by atoms with Crippen LogP contribution in [0.2, 0.25) is 5.02 Å². The number of hydrogen-bond donors (Lipinski definition) is 1. The van der Waals surface area contributed by atoms with E-state index >= 15 is 0 Å². The molecule has 0 aliphatic carbocycles. The Morgan fingerprint density at radius 2 is 1.88 bits per heavy atom. The Morgan fingerprint density at radius 3 is 2.46 bits per heavy atom. The van der Waals surface area contributed by atoms with Crippen LogP contribution in [-0.4, -0.2) is 44.3 Å². The van der Waals surface area contributed by atoms with Gasteiger partial charge in [-0.15, -0.1) is 0 Å². The molecule has 1 aromatic carbocycles. The van der Waals surface area contributed by atoms with Crippen molar-refractivity contribution in [3.8, 4) is 0 Å². The Morgan fingerprint density at radius 1 is 1.23 bits per heavy atom. The number of carbonyl (C=O) groups is 2. The molecule has 0 radical (unpaired) electrons. The van der Waals surface area contributed by atoms with Gasteiger partial charge in [-0.25, -0.2) is 13.2 Å². The second kappa shape index (κ2) is 10.3. The van der Waals surface area contributed by atoms with Crippen molar-refractivity contribution in [1.29, 1.82) is 0 Å². The molecule has 9 heteroatoms. The minimum absolute atomic E-state index is 0.0611. The van der Waals surface area contributed by atoms with Gasteiger partial charge in [0.25, 0.3) is 5.91 Å². The highest BCUT2D eigenvalue weighted by molar-refractivity contribution is 7.89. The quantitative estimate of drug-likeness (QED) is 0.506. The lowest BCUT2D eigenvalue weighted by Gasteiger charge is -2.19. The second-order valence-electron chi connectivity index (χ2n) is 5.20. The number of nitrogens with one attached hydrogen (secondary N) is 1. The third kappa shape index (κ3) is 6.12. The molecular weight excluding hydrogens is 380 g/mol. The SMILES string of the molecule is CC/C=C/C(=O)OCC(=O)Nc1ccc(Cl)c(S(=O)(=O)N(CC)CC)c1. The van der Waals surface area contributed by atoms with Crippen molar-refractivity contribution in [1.82, 2.24) is 4.31 Å². The van der Waals surface area contributed by atoms with Crippen LogP contribution in [-0.2, 0) is 24.3 Å². The molecule has 0 aliphatic rings. The Balaban J connectivity index is 2.89. The number of anilines is 1. The van der Waals surface area contributed by atoms with Crippen molar-refractivity contribution < 1.29 is 22.7 Å². The number of ether oxygens (including phenoxy) is 1. The molecule has 1 rings (SSSR count). The van der Waals surface area contributed by atoms with Gasteiger partial charge < -0.3 is 10.1 Å². The number of nitrogens with zero attached hydrogens (tertiary/aromatic N) is 1. The number of sulfonamides is 1. The number of amides is 1. The molecule has 26 heavy (non-hydrogen) atoms. The van der Waals surface area contributed by atoms with Gasteiger partial charge in [0.2, 0.25) is 10.0 Å². The summed E-state index contributed by atoms with van der Waals surface area (Å²) in [7, 11) is -3.77. The maximum absolute atomic E-state index is 12.6. The second-order valence-corrected chi connectivity index (χ2v) is 7.51. The van der Waals surface area contributed by atoms with Gasteiger partial charge >= 0.3 is 5.97 Å². The fourth-order valence-electron chi connectivity index (χ4n) is 2.08. The summed E-state index contributed by atoms with van der Waals surface area (Å²) in [6, 6.07) is 4.15. The summed E-state index contributed by atoms with van der Waals surface area (Å²) in [5, 5.41) is 2.55. The van der Waals surface area contributed by atoms with Crippen LogP contribution in [0.25, 0.3) is 0 Å². The van der Waals surface area contributed by atoms with Gasteiger partial charge in [-0.1, -0.05) is 38.4 Å². The molecule has 1 amide bonds. The maximum atomic E-state index is 12.6. The van der Waals surface area contributed by atoms with Crippen molar-refractivity contribution in [3.63, 3.8) is 0 Å². The van der Waals surface area contributed by atoms with Crippen molar-refractivity contribution in [2.24, 2.45) is 0 Å². The van der Waals surface area contributed by atoms with Gasteiger partial charge in [0.05, 0.1) is 5.02 Å². The fraction of sp³-hybridized carbons (Fsp3) is 0.412. The highest BCUT2D eigenvalue weighted by Crippen LogP contribution is 2.27. The lowest BCUT2D eigenvalue weighted by molar-refractivity contribution is -0.142. The first-order chi connectivity index (χ1) is 12.3. The fourth-order valence-corrected chi connectivity index (χ4v) is 4.04. The minimum Gasteiger partial charge on any atom is -0.452 e. The largest absolute Gasteiger partial charge is 0.452 e. The molecule has 0 atom stereocenters. The maximum Gasteiger partial charge on any atom is 0.330 e. The summed E-state index contributed by atoms with van der Waals surface area (Å²) in [6.07, 6.45) is 3.53. The first-order valence-corrected chi connectivity index (χ1v) is 10.0. The first-order valence-electron chi connectivity index (χ1n) is 8.19. The molecule has 0 bridgehead atoms. The Kier molecular flexibility index (Phi) is 8.77. The zero-order valence-corrected chi connectivity index (χ0v) is 16.6. The van der Waals surface area contributed by atoms with E-state index in [-0.39, 0.29) is 15.6 Å². The van der Waals surface area contributed by atoms with E-state index in [1.807, 2.05) is 6.92 Å². The number of halogens is 1. The lowest BCUT2D eigenvalue weighted by Crippen LogP contribution is -2.31. The predicted molar refractivity (Wildman–Crippen MR) is 101 cm³/mol. The summed E-state index contributed by atoms with van der Waals surface area (Å²) >= 11 is 6.03. The van der Waals surface area contributed by atoms with Crippen molar-refractivity contribution in [2.75, 3.05) is 25.0 Å². The van der Waals surface area contributed by atoms with Gasteiger partial charge in [0.1, 0.15) is 4.90 Å². The Bertz CT molecular complexity index is 773. The van der Waals surface area contributed by atoms with Crippen LogP contribution in [0.1, 0.15) is 27.2 Å². The van der Waals surface area contributed by atoms with E-state index in [0.717, 1.165) is 0 Å². The molecule has 0 saturated carbocycles. The molecule has 144 valence electrons. The lowest BCUT2D eigenvalue weighted by atomic mass is 10.3. The zero-order chi connectivity index (χ0) is 19.7. The molecule has 1 aromatic rings. The average molecular weight is 403 g/mol. The summed E-state index contributed by atoms with van der Waals surface area (Å²) in [5.41, 5.74) is 0.241. The number of hydrogen-bond acceptors (Lipinski definition) is 5. The molecule has 0 fully saturated rings. The molecule has 0 aliphatic heterocycles. The molecule has 0 heterocycles. The van der Waals surface area contributed by atoms with Crippen LogP contribution in [0, 0.1) is 0 Å². The summed E-state index contributed by atoms with van der Waals surface area (Å²) in [6.45, 7) is 5.43. The van der Waals surface area contributed by atoms with Crippen LogP contribution in [0.15, 0.2) is 35.2 Å². The van der Waals surface area contributed by atoms with Gasteiger partial charge in [0, 0.05) is 24.9 Å². The predicted octanol–water partition coefficient (Wildman–Crippen LogP) is 2.82. The van der Waals surface area contributed by atoms with E-state index in [1.165, 1.54) is 28.6 Å². The van der Waals surface area contributed by atoms with Gasteiger partial charge in [-0.3, -0.25) is 4.79 Å². The summed E-state index contributed by atoms with van der Waals surface area (Å²) in [5.74, 6) is -1.21. The van der Waals surface area contributed by atoms with Crippen molar-refractivity contribution >= 4 is 39.2 Å². The Labute approximate surface area is 159 Å². The van der Waals surface area contributed by atoms with Crippen molar-refractivity contribution in [3.05, 3.63) is 35.4 Å². The van der Waals surface area contributed by atoms with Gasteiger partial charge in [0.15, 0.2) is 6.61 Å². The van der Waals surface area contributed by atoms with Gasteiger partial charge in [-0.05, 0) is 24.6 Å². The normalized spacial score (nSPS) is 11.7.